The lowest BCUT2D eigenvalue weighted by atomic mass is 10.2. The molecular formula is C25H27N5O3S. The fourth-order valence-electron chi connectivity index (χ4n) is 4.54. The molecule has 176 valence electrons. The van der Waals surface area contributed by atoms with Crippen molar-refractivity contribution in [1.29, 1.82) is 0 Å². The average molecular weight is 478 g/mol. The lowest BCUT2D eigenvalue weighted by molar-refractivity contribution is 0.102. The highest BCUT2D eigenvalue weighted by molar-refractivity contribution is 7.90. The monoisotopic (exact) mass is 477 g/mol. The molecule has 1 aliphatic carbocycles. The van der Waals surface area contributed by atoms with Crippen molar-refractivity contribution < 1.29 is 13.2 Å². The summed E-state index contributed by atoms with van der Waals surface area (Å²) in [5.41, 5.74) is 4.87. The Morgan fingerprint density at radius 3 is 2.59 bits per heavy atom. The second-order valence-corrected chi connectivity index (χ2v) is 10.5. The summed E-state index contributed by atoms with van der Waals surface area (Å²) in [6, 6.07) is 14.3. The molecule has 0 spiro atoms. The molecule has 5 rings (SSSR count). The molecule has 0 bridgehead atoms. The number of aryl methyl sites for hydroxylation is 1. The highest BCUT2D eigenvalue weighted by Crippen LogP contribution is 2.29. The second kappa shape index (κ2) is 8.72. The van der Waals surface area contributed by atoms with Crippen molar-refractivity contribution in [1.82, 2.24) is 14.7 Å². The number of sulfonamides is 1. The SMILES string of the molecule is Cc1ccc(-n2nc(C(=O)Nc3cccc(S(=O)(=O)/N=C4\CCCN4C)c3)c3c2CCC3)cc1. The maximum absolute atomic E-state index is 13.2. The lowest BCUT2D eigenvalue weighted by Gasteiger charge is -2.11. The number of hydrogen-bond acceptors (Lipinski definition) is 4. The average Bonchev–Trinajstić information content (AvgIpc) is 3.52. The summed E-state index contributed by atoms with van der Waals surface area (Å²) in [5.74, 6) is 0.215. The van der Waals surface area contributed by atoms with Crippen LogP contribution in [-0.4, -0.2) is 48.4 Å². The van der Waals surface area contributed by atoms with E-state index in [2.05, 4.69) is 14.8 Å². The number of amides is 1. The van der Waals surface area contributed by atoms with E-state index in [9.17, 15) is 13.2 Å². The molecule has 1 fully saturated rings. The van der Waals surface area contributed by atoms with Gasteiger partial charge >= 0.3 is 0 Å². The molecule has 1 aromatic heterocycles. The molecule has 0 saturated carbocycles. The van der Waals surface area contributed by atoms with Gasteiger partial charge in [0.1, 0.15) is 5.84 Å². The van der Waals surface area contributed by atoms with Crippen LogP contribution < -0.4 is 5.32 Å². The van der Waals surface area contributed by atoms with E-state index in [-0.39, 0.29) is 10.8 Å². The quantitative estimate of drug-likeness (QED) is 0.604. The fraction of sp³-hybridized carbons (Fsp3) is 0.320. The number of hydrogen-bond donors (Lipinski definition) is 1. The van der Waals surface area contributed by atoms with Gasteiger partial charge in [0.05, 0.1) is 10.6 Å². The van der Waals surface area contributed by atoms with Gasteiger partial charge in [0.25, 0.3) is 15.9 Å². The van der Waals surface area contributed by atoms with Crippen molar-refractivity contribution in [2.75, 3.05) is 18.9 Å². The molecular weight excluding hydrogens is 450 g/mol. The van der Waals surface area contributed by atoms with E-state index in [1.807, 2.05) is 47.8 Å². The number of fused-ring (bicyclic) bond motifs is 1. The highest BCUT2D eigenvalue weighted by Gasteiger charge is 2.27. The first kappa shape index (κ1) is 22.3. The Kier molecular flexibility index (Phi) is 5.73. The number of nitrogens with one attached hydrogen (secondary N) is 1. The molecule has 2 aliphatic rings. The lowest BCUT2D eigenvalue weighted by Crippen LogP contribution is -2.20. The normalized spacial score (nSPS) is 16.8. The van der Waals surface area contributed by atoms with Crippen molar-refractivity contribution >= 4 is 27.5 Å². The molecule has 9 heteroatoms. The first-order chi connectivity index (χ1) is 16.3. The Morgan fingerprint density at radius 2 is 1.85 bits per heavy atom. The standard InChI is InChI=1S/C25H27N5O3S/c1-17-11-13-19(14-12-17)30-22-9-4-8-21(22)24(27-30)25(31)26-18-6-3-7-20(16-18)34(32,33)28-23-10-5-15-29(23)2/h3,6-7,11-14,16H,4-5,8-10,15H2,1-2H3,(H,26,31)/b28-23+. The summed E-state index contributed by atoms with van der Waals surface area (Å²) in [4.78, 5) is 15.1. The largest absolute Gasteiger partial charge is 0.362 e. The Balaban J connectivity index is 1.42. The van der Waals surface area contributed by atoms with E-state index in [1.54, 1.807) is 12.1 Å². The molecule has 1 aliphatic heterocycles. The molecule has 1 N–H and O–H groups in total. The van der Waals surface area contributed by atoms with Gasteiger partial charge in [-0.3, -0.25) is 4.79 Å². The number of likely N-dealkylation sites (tertiary alicyclic amines) is 1. The van der Waals surface area contributed by atoms with Gasteiger partial charge in [-0.15, -0.1) is 4.40 Å². The third-order valence-corrected chi connectivity index (χ3v) is 7.67. The number of aromatic nitrogens is 2. The maximum Gasteiger partial charge on any atom is 0.284 e. The number of rotatable bonds is 5. The van der Waals surface area contributed by atoms with Crippen LogP contribution in [0.2, 0.25) is 0 Å². The van der Waals surface area contributed by atoms with Gasteiger partial charge in [0, 0.05) is 37.0 Å². The van der Waals surface area contributed by atoms with E-state index >= 15 is 0 Å². The topological polar surface area (TPSA) is 96.7 Å². The van der Waals surface area contributed by atoms with Crippen molar-refractivity contribution in [3.63, 3.8) is 0 Å². The summed E-state index contributed by atoms with van der Waals surface area (Å²) in [5, 5.41) is 7.47. The van der Waals surface area contributed by atoms with E-state index in [1.165, 1.54) is 12.1 Å². The van der Waals surface area contributed by atoms with Crippen LogP contribution in [-0.2, 0) is 22.9 Å². The molecule has 2 heterocycles. The van der Waals surface area contributed by atoms with Crippen LogP contribution in [0.5, 0.6) is 0 Å². The number of nitrogens with zero attached hydrogens (tertiary/aromatic N) is 4. The Bertz CT molecular complexity index is 1390. The van der Waals surface area contributed by atoms with Crippen LogP contribution in [0.4, 0.5) is 5.69 Å². The van der Waals surface area contributed by atoms with Gasteiger partial charge in [-0.25, -0.2) is 4.68 Å². The Morgan fingerprint density at radius 1 is 1.06 bits per heavy atom. The van der Waals surface area contributed by atoms with Crippen molar-refractivity contribution in [3.8, 4) is 5.69 Å². The first-order valence-corrected chi connectivity index (χ1v) is 12.9. The number of carbonyl (C=O) groups is 1. The second-order valence-electron chi connectivity index (χ2n) is 8.86. The summed E-state index contributed by atoms with van der Waals surface area (Å²) in [6.45, 7) is 2.83. The molecule has 1 saturated heterocycles. The summed E-state index contributed by atoms with van der Waals surface area (Å²) in [7, 11) is -2.03. The zero-order valence-electron chi connectivity index (χ0n) is 19.3. The van der Waals surface area contributed by atoms with Gasteiger partial charge in [0.2, 0.25) is 0 Å². The first-order valence-electron chi connectivity index (χ1n) is 11.5. The van der Waals surface area contributed by atoms with E-state index in [0.29, 0.717) is 23.6 Å². The molecule has 1 amide bonds. The number of amidine groups is 1. The van der Waals surface area contributed by atoms with Gasteiger partial charge in [-0.2, -0.15) is 13.5 Å². The molecule has 2 aromatic carbocycles. The molecule has 0 atom stereocenters. The molecule has 0 unspecified atom stereocenters. The molecule has 34 heavy (non-hydrogen) atoms. The minimum Gasteiger partial charge on any atom is -0.362 e. The molecule has 8 nitrogen and oxygen atoms in total. The minimum absolute atomic E-state index is 0.0495. The number of benzene rings is 2. The predicted octanol–water partition coefficient (Wildman–Crippen LogP) is 3.73. The van der Waals surface area contributed by atoms with Crippen LogP contribution in [0.1, 0.15) is 46.6 Å². The highest BCUT2D eigenvalue weighted by atomic mass is 32.2. The van der Waals surface area contributed by atoms with Crippen molar-refractivity contribution in [3.05, 3.63) is 71.0 Å². The summed E-state index contributed by atoms with van der Waals surface area (Å²) >= 11 is 0. The number of carbonyl (C=O) groups excluding carboxylic acids is 1. The zero-order valence-corrected chi connectivity index (χ0v) is 20.1. The predicted molar refractivity (Wildman–Crippen MR) is 131 cm³/mol. The molecule has 0 radical (unpaired) electrons. The zero-order chi connectivity index (χ0) is 23.9. The minimum atomic E-state index is -3.87. The third kappa shape index (κ3) is 4.23. The van der Waals surface area contributed by atoms with Crippen molar-refractivity contribution in [2.45, 2.75) is 43.9 Å². The third-order valence-electron chi connectivity index (χ3n) is 6.37. The Labute approximate surface area is 199 Å². The van der Waals surface area contributed by atoms with Crippen LogP contribution in [0.25, 0.3) is 5.69 Å². The van der Waals surface area contributed by atoms with Crippen LogP contribution in [0.3, 0.4) is 0 Å². The maximum atomic E-state index is 13.2. The smallest absolute Gasteiger partial charge is 0.284 e. The van der Waals surface area contributed by atoms with Gasteiger partial charge < -0.3 is 10.2 Å². The van der Waals surface area contributed by atoms with Gasteiger partial charge in [-0.1, -0.05) is 23.8 Å². The van der Waals surface area contributed by atoms with Crippen molar-refractivity contribution in [2.24, 2.45) is 4.40 Å². The van der Waals surface area contributed by atoms with Crippen LogP contribution in [0, 0.1) is 6.92 Å². The summed E-state index contributed by atoms with van der Waals surface area (Å²) < 4.78 is 31.5. The summed E-state index contributed by atoms with van der Waals surface area (Å²) in [6.07, 6.45) is 4.17. The van der Waals surface area contributed by atoms with Crippen LogP contribution >= 0.6 is 0 Å². The van der Waals surface area contributed by atoms with Crippen LogP contribution in [0.15, 0.2) is 57.8 Å². The van der Waals surface area contributed by atoms with E-state index in [0.717, 1.165) is 54.7 Å². The fourth-order valence-corrected chi connectivity index (χ4v) is 5.68. The number of anilines is 1. The van der Waals surface area contributed by atoms with Gasteiger partial charge in [-0.05, 0) is 62.9 Å². The van der Waals surface area contributed by atoms with E-state index in [4.69, 9.17) is 0 Å². The Hall–Kier alpha value is -3.46. The molecule has 3 aromatic rings. The van der Waals surface area contributed by atoms with E-state index < -0.39 is 10.0 Å². The van der Waals surface area contributed by atoms with Gasteiger partial charge in [0.15, 0.2) is 5.69 Å².